The third kappa shape index (κ3) is 4.80. The molecule has 0 unspecified atom stereocenters. The summed E-state index contributed by atoms with van der Waals surface area (Å²) in [4.78, 5) is 19.9. The van der Waals surface area contributed by atoms with Crippen LogP contribution in [-0.4, -0.2) is 28.5 Å². The van der Waals surface area contributed by atoms with Crippen molar-refractivity contribution in [3.8, 4) is 0 Å². The highest BCUT2D eigenvalue weighted by atomic mass is 16.1. The van der Waals surface area contributed by atoms with E-state index in [1.165, 1.54) is 6.20 Å². The van der Waals surface area contributed by atoms with Crippen molar-refractivity contribution in [3.63, 3.8) is 0 Å². The van der Waals surface area contributed by atoms with E-state index in [4.69, 9.17) is 0 Å². The van der Waals surface area contributed by atoms with E-state index >= 15 is 0 Å². The Morgan fingerprint density at radius 3 is 2.41 bits per heavy atom. The van der Waals surface area contributed by atoms with E-state index in [0.29, 0.717) is 30.0 Å². The summed E-state index contributed by atoms with van der Waals surface area (Å²) < 4.78 is 0. The highest BCUT2D eigenvalue weighted by Crippen LogP contribution is 2.03. The second-order valence-corrected chi connectivity index (χ2v) is 4.69. The second kappa shape index (κ2) is 6.18. The van der Waals surface area contributed by atoms with Crippen molar-refractivity contribution in [2.75, 3.05) is 11.9 Å². The largest absolute Gasteiger partial charge is 0.367 e. The Balaban J connectivity index is 2.57. The second-order valence-electron chi connectivity index (χ2n) is 4.69. The molecule has 0 bridgehead atoms. The van der Waals surface area contributed by atoms with Gasteiger partial charge in [0.1, 0.15) is 11.5 Å². The molecule has 0 saturated heterocycles. The Morgan fingerprint density at radius 2 is 1.94 bits per heavy atom. The highest BCUT2D eigenvalue weighted by Gasteiger charge is 2.08. The molecule has 1 aromatic heterocycles. The van der Waals surface area contributed by atoms with Gasteiger partial charge in [0.25, 0.3) is 5.91 Å². The first-order chi connectivity index (χ1) is 7.99. The Labute approximate surface area is 102 Å². The van der Waals surface area contributed by atoms with Crippen LogP contribution in [0, 0.1) is 5.92 Å². The third-order valence-electron chi connectivity index (χ3n) is 1.99. The van der Waals surface area contributed by atoms with Gasteiger partial charge in [-0.05, 0) is 19.8 Å². The van der Waals surface area contributed by atoms with E-state index in [-0.39, 0.29) is 5.91 Å². The molecule has 0 fully saturated rings. The molecule has 1 rings (SSSR count). The summed E-state index contributed by atoms with van der Waals surface area (Å²) in [6, 6.07) is 0.296. The average molecular weight is 236 g/mol. The van der Waals surface area contributed by atoms with Gasteiger partial charge in [-0.15, -0.1) is 0 Å². The third-order valence-corrected chi connectivity index (χ3v) is 1.99. The number of hydrogen-bond acceptors (Lipinski definition) is 4. The first kappa shape index (κ1) is 13.4. The minimum absolute atomic E-state index is 0.178. The molecule has 0 radical (unpaired) electrons. The molecule has 0 spiro atoms. The first-order valence-corrected chi connectivity index (χ1v) is 5.85. The van der Waals surface area contributed by atoms with Gasteiger partial charge < -0.3 is 10.6 Å². The maximum absolute atomic E-state index is 11.6. The fourth-order valence-electron chi connectivity index (χ4n) is 1.20. The number of nitrogens with zero attached hydrogens (tertiary/aromatic N) is 2. The van der Waals surface area contributed by atoms with Crippen molar-refractivity contribution < 1.29 is 4.79 Å². The number of anilines is 1. The Kier molecular flexibility index (Phi) is 4.87. The molecule has 0 atom stereocenters. The summed E-state index contributed by atoms with van der Waals surface area (Å²) in [5.74, 6) is 0.927. The maximum atomic E-state index is 11.6. The van der Waals surface area contributed by atoms with Crippen LogP contribution in [0.4, 0.5) is 5.82 Å². The van der Waals surface area contributed by atoms with Crippen LogP contribution in [0.3, 0.4) is 0 Å². The summed E-state index contributed by atoms with van der Waals surface area (Å²) >= 11 is 0. The fourth-order valence-corrected chi connectivity index (χ4v) is 1.20. The van der Waals surface area contributed by atoms with E-state index in [1.54, 1.807) is 6.20 Å². The van der Waals surface area contributed by atoms with Crippen molar-refractivity contribution in [2.45, 2.75) is 33.7 Å². The van der Waals surface area contributed by atoms with Crippen molar-refractivity contribution in [2.24, 2.45) is 5.92 Å². The first-order valence-electron chi connectivity index (χ1n) is 5.85. The molecular formula is C12H20N4O. The molecule has 1 heterocycles. The number of carbonyl (C=O) groups is 1. The van der Waals surface area contributed by atoms with E-state index in [1.807, 2.05) is 27.7 Å². The van der Waals surface area contributed by atoms with Crippen LogP contribution in [0.1, 0.15) is 38.2 Å². The molecule has 2 N–H and O–H groups in total. The minimum Gasteiger partial charge on any atom is -0.367 e. The lowest BCUT2D eigenvalue weighted by Crippen LogP contribution is -2.28. The van der Waals surface area contributed by atoms with Crippen LogP contribution in [0.25, 0.3) is 0 Å². The fraction of sp³-hybridized carbons (Fsp3) is 0.583. The van der Waals surface area contributed by atoms with E-state index < -0.39 is 0 Å². The molecule has 5 heteroatoms. The number of rotatable bonds is 5. The lowest BCUT2D eigenvalue weighted by Gasteiger charge is -2.09. The zero-order valence-corrected chi connectivity index (χ0v) is 10.8. The van der Waals surface area contributed by atoms with Crippen LogP contribution in [0.15, 0.2) is 12.4 Å². The van der Waals surface area contributed by atoms with Gasteiger partial charge in [-0.2, -0.15) is 0 Å². The zero-order valence-electron chi connectivity index (χ0n) is 10.8. The molecule has 0 aliphatic rings. The summed E-state index contributed by atoms with van der Waals surface area (Å²) in [5, 5.41) is 5.91. The molecule has 0 saturated carbocycles. The molecule has 5 nitrogen and oxygen atoms in total. The van der Waals surface area contributed by atoms with Gasteiger partial charge in [0.05, 0.1) is 12.4 Å². The van der Waals surface area contributed by atoms with E-state index in [9.17, 15) is 4.79 Å². The molecule has 0 aromatic carbocycles. The summed E-state index contributed by atoms with van der Waals surface area (Å²) in [5.41, 5.74) is 0.347. The normalized spacial score (nSPS) is 10.7. The highest BCUT2D eigenvalue weighted by molar-refractivity contribution is 5.91. The van der Waals surface area contributed by atoms with Crippen LogP contribution < -0.4 is 10.6 Å². The smallest absolute Gasteiger partial charge is 0.271 e. The molecule has 0 aliphatic heterocycles. The Bertz CT molecular complexity index is 359. The molecule has 0 aliphatic carbocycles. The summed E-state index contributed by atoms with van der Waals surface area (Å²) in [7, 11) is 0. The standard InChI is InChI=1S/C12H20N4O/c1-8(2)5-15-12(17)10-6-14-11(7-13-10)16-9(3)4/h6-9H,5H2,1-4H3,(H,14,16)(H,15,17). The van der Waals surface area contributed by atoms with Crippen LogP contribution in [-0.2, 0) is 0 Å². The molecule has 1 amide bonds. The van der Waals surface area contributed by atoms with Gasteiger partial charge in [-0.1, -0.05) is 13.8 Å². The van der Waals surface area contributed by atoms with Crippen molar-refractivity contribution in [3.05, 3.63) is 18.1 Å². The topological polar surface area (TPSA) is 66.9 Å². The monoisotopic (exact) mass is 236 g/mol. The Hall–Kier alpha value is -1.65. The van der Waals surface area contributed by atoms with Crippen molar-refractivity contribution >= 4 is 11.7 Å². The van der Waals surface area contributed by atoms with Gasteiger partial charge in [0.2, 0.25) is 0 Å². The van der Waals surface area contributed by atoms with Gasteiger partial charge in [0, 0.05) is 12.6 Å². The number of aromatic nitrogens is 2. The number of amides is 1. The van der Waals surface area contributed by atoms with Crippen LogP contribution in [0.5, 0.6) is 0 Å². The predicted molar refractivity (Wildman–Crippen MR) is 68.0 cm³/mol. The lowest BCUT2D eigenvalue weighted by molar-refractivity contribution is 0.0943. The molecule has 17 heavy (non-hydrogen) atoms. The minimum atomic E-state index is -0.178. The van der Waals surface area contributed by atoms with Gasteiger partial charge in [0.15, 0.2) is 0 Å². The lowest BCUT2D eigenvalue weighted by atomic mass is 10.2. The average Bonchev–Trinajstić information content (AvgIpc) is 2.26. The molecule has 94 valence electrons. The summed E-state index contributed by atoms with van der Waals surface area (Å²) in [6.45, 7) is 8.77. The number of carbonyl (C=O) groups excluding carboxylic acids is 1. The van der Waals surface area contributed by atoms with Crippen molar-refractivity contribution in [1.29, 1.82) is 0 Å². The van der Waals surface area contributed by atoms with Crippen LogP contribution in [0.2, 0.25) is 0 Å². The quantitative estimate of drug-likeness (QED) is 0.816. The van der Waals surface area contributed by atoms with Crippen LogP contribution >= 0.6 is 0 Å². The van der Waals surface area contributed by atoms with E-state index in [0.717, 1.165) is 0 Å². The SMILES string of the molecule is CC(C)CNC(=O)c1cnc(NC(C)C)cn1. The van der Waals surface area contributed by atoms with Crippen molar-refractivity contribution in [1.82, 2.24) is 15.3 Å². The van der Waals surface area contributed by atoms with E-state index in [2.05, 4.69) is 20.6 Å². The number of nitrogens with one attached hydrogen (secondary N) is 2. The Morgan fingerprint density at radius 1 is 1.24 bits per heavy atom. The van der Waals surface area contributed by atoms with Gasteiger partial charge in [-0.3, -0.25) is 4.79 Å². The van der Waals surface area contributed by atoms with Gasteiger partial charge in [-0.25, -0.2) is 9.97 Å². The molecular weight excluding hydrogens is 216 g/mol. The molecule has 1 aromatic rings. The summed E-state index contributed by atoms with van der Waals surface area (Å²) in [6.07, 6.45) is 3.06. The predicted octanol–water partition coefficient (Wildman–Crippen LogP) is 1.68. The zero-order chi connectivity index (χ0) is 12.8. The number of hydrogen-bond donors (Lipinski definition) is 2. The van der Waals surface area contributed by atoms with Gasteiger partial charge >= 0.3 is 0 Å². The maximum Gasteiger partial charge on any atom is 0.271 e.